The third kappa shape index (κ3) is 6.94. The lowest BCUT2D eigenvalue weighted by Crippen LogP contribution is -2.30. The number of rotatable bonds is 7. The van der Waals surface area contributed by atoms with Gasteiger partial charge in [-0.2, -0.15) is 0 Å². The number of carbonyl (C=O) groups excluding carboxylic acids is 2. The first-order valence-corrected chi connectivity index (χ1v) is 6.31. The van der Waals surface area contributed by atoms with Gasteiger partial charge in [-0.1, -0.05) is 19.3 Å². The Kier molecular flexibility index (Phi) is 6.62. The number of carbonyl (C=O) groups is 2. The second kappa shape index (κ2) is 8.06. The van der Waals surface area contributed by atoms with Crippen LogP contribution in [0.15, 0.2) is 0 Å². The number of amides is 2. The maximum absolute atomic E-state index is 11.5. The van der Waals surface area contributed by atoms with Gasteiger partial charge in [0.2, 0.25) is 11.8 Å². The van der Waals surface area contributed by atoms with E-state index in [1.807, 2.05) is 0 Å². The van der Waals surface area contributed by atoms with Gasteiger partial charge in [0.15, 0.2) is 0 Å². The van der Waals surface area contributed by atoms with Crippen molar-refractivity contribution in [3.05, 3.63) is 0 Å². The molecule has 0 atom stereocenters. The minimum Gasteiger partial charge on any atom is -0.370 e. The van der Waals surface area contributed by atoms with Crippen LogP contribution in [0.5, 0.6) is 0 Å². The van der Waals surface area contributed by atoms with Crippen LogP contribution < -0.4 is 11.1 Å². The molecular weight excluding hydrogens is 220 g/mol. The molecule has 98 valence electrons. The molecule has 0 radical (unpaired) electrons. The van der Waals surface area contributed by atoms with Crippen molar-refractivity contribution in [2.75, 3.05) is 19.8 Å². The van der Waals surface area contributed by atoms with Crippen LogP contribution >= 0.6 is 0 Å². The molecule has 0 heterocycles. The molecule has 0 aliphatic heterocycles. The van der Waals surface area contributed by atoms with E-state index in [-0.39, 0.29) is 12.5 Å². The quantitative estimate of drug-likeness (QED) is 0.640. The Bertz CT molecular complexity index is 250. The molecular formula is C12H22N2O3. The molecule has 0 aromatic rings. The SMILES string of the molecule is NC(=O)COCCNC(=O)CC1CCCCC1. The zero-order chi connectivity index (χ0) is 12.5. The lowest BCUT2D eigenvalue weighted by atomic mass is 9.87. The molecule has 2 amide bonds. The average Bonchev–Trinajstić information content (AvgIpc) is 2.29. The molecule has 0 aromatic carbocycles. The zero-order valence-corrected chi connectivity index (χ0v) is 10.2. The molecule has 1 fully saturated rings. The van der Waals surface area contributed by atoms with Crippen molar-refractivity contribution in [2.24, 2.45) is 11.7 Å². The fourth-order valence-corrected chi connectivity index (χ4v) is 2.16. The number of ether oxygens (including phenoxy) is 1. The molecule has 0 unspecified atom stereocenters. The first-order valence-electron chi connectivity index (χ1n) is 6.31. The molecule has 1 aliphatic carbocycles. The van der Waals surface area contributed by atoms with Gasteiger partial charge < -0.3 is 15.8 Å². The summed E-state index contributed by atoms with van der Waals surface area (Å²) >= 11 is 0. The molecule has 5 nitrogen and oxygen atoms in total. The van der Waals surface area contributed by atoms with Gasteiger partial charge in [0, 0.05) is 13.0 Å². The normalized spacial score (nSPS) is 16.7. The lowest BCUT2D eigenvalue weighted by molar-refractivity contribution is -0.123. The van der Waals surface area contributed by atoms with Crippen molar-refractivity contribution in [1.82, 2.24) is 5.32 Å². The molecule has 1 aliphatic rings. The summed E-state index contributed by atoms with van der Waals surface area (Å²) in [5.41, 5.74) is 4.91. The second-order valence-electron chi connectivity index (χ2n) is 4.58. The number of nitrogens with one attached hydrogen (secondary N) is 1. The summed E-state index contributed by atoms with van der Waals surface area (Å²) in [4.78, 5) is 21.9. The molecule has 5 heteroatoms. The van der Waals surface area contributed by atoms with Crippen molar-refractivity contribution in [2.45, 2.75) is 38.5 Å². The van der Waals surface area contributed by atoms with E-state index in [0.29, 0.717) is 25.5 Å². The van der Waals surface area contributed by atoms with Gasteiger partial charge in [0.05, 0.1) is 6.61 Å². The van der Waals surface area contributed by atoms with Crippen molar-refractivity contribution in [3.8, 4) is 0 Å². The zero-order valence-electron chi connectivity index (χ0n) is 10.2. The summed E-state index contributed by atoms with van der Waals surface area (Å²) in [5, 5.41) is 2.79. The van der Waals surface area contributed by atoms with Gasteiger partial charge in [-0.15, -0.1) is 0 Å². The molecule has 0 aromatic heterocycles. The molecule has 0 saturated heterocycles. The summed E-state index contributed by atoms with van der Waals surface area (Å²) in [6.07, 6.45) is 6.77. The standard InChI is InChI=1S/C12H22N2O3/c13-11(15)9-17-7-6-14-12(16)8-10-4-2-1-3-5-10/h10H,1-9H2,(H2,13,15)(H,14,16). The average molecular weight is 242 g/mol. The van der Waals surface area contributed by atoms with E-state index >= 15 is 0 Å². The summed E-state index contributed by atoms with van der Waals surface area (Å²) in [6.45, 7) is 0.691. The summed E-state index contributed by atoms with van der Waals surface area (Å²) < 4.78 is 4.95. The highest BCUT2D eigenvalue weighted by atomic mass is 16.5. The van der Waals surface area contributed by atoms with E-state index in [2.05, 4.69) is 5.32 Å². The lowest BCUT2D eigenvalue weighted by Gasteiger charge is -2.20. The van der Waals surface area contributed by atoms with Gasteiger partial charge >= 0.3 is 0 Å². The smallest absolute Gasteiger partial charge is 0.243 e. The predicted molar refractivity (Wildman–Crippen MR) is 64.2 cm³/mol. The molecule has 3 N–H and O–H groups in total. The Balaban J connectivity index is 1.98. The highest BCUT2D eigenvalue weighted by Crippen LogP contribution is 2.25. The van der Waals surface area contributed by atoms with Crippen molar-refractivity contribution in [3.63, 3.8) is 0 Å². The van der Waals surface area contributed by atoms with E-state index in [1.54, 1.807) is 0 Å². The van der Waals surface area contributed by atoms with Crippen LogP contribution in [0.1, 0.15) is 38.5 Å². The van der Waals surface area contributed by atoms with Crippen molar-refractivity contribution >= 4 is 11.8 Å². The summed E-state index contributed by atoms with van der Waals surface area (Å²) in [6, 6.07) is 0. The minimum absolute atomic E-state index is 0.0829. The van der Waals surface area contributed by atoms with Crippen LogP contribution in [-0.2, 0) is 14.3 Å². The van der Waals surface area contributed by atoms with Gasteiger partial charge in [-0.3, -0.25) is 9.59 Å². The number of nitrogens with two attached hydrogens (primary N) is 1. The fraction of sp³-hybridized carbons (Fsp3) is 0.833. The van der Waals surface area contributed by atoms with E-state index in [9.17, 15) is 9.59 Å². The maximum Gasteiger partial charge on any atom is 0.243 e. The number of hydrogen-bond donors (Lipinski definition) is 2. The molecule has 1 saturated carbocycles. The van der Waals surface area contributed by atoms with Crippen LogP contribution in [0.2, 0.25) is 0 Å². The van der Waals surface area contributed by atoms with Gasteiger partial charge in [-0.25, -0.2) is 0 Å². The van der Waals surface area contributed by atoms with E-state index in [4.69, 9.17) is 10.5 Å². The topological polar surface area (TPSA) is 81.4 Å². The second-order valence-corrected chi connectivity index (χ2v) is 4.58. The summed E-state index contributed by atoms with van der Waals surface area (Å²) in [5.74, 6) is 0.147. The minimum atomic E-state index is -0.487. The maximum atomic E-state index is 11.5. The Hall–Kier alpha value is -1.10. The third-order valence-corrected chi connectivity index (χ3v) is 3.01. The first-order chi connectivity index (χ1) is 8.18. The van der Waals surface area contributed by atoms with Gasteiger partial charge in [0.25, 0.3) is 0 Å². The molecule has 1 rings (SSSR count). The van der Waals surface area contributed by atoms with Gasteiger partial charge in [-0.05, 0) is 18.8 Å². The van der Waals surface area contributed by atoms with Crippen LogP contribution in [0, 0.1) is 5.92 Å². The van der Waals surface area contributed by atoms with Crippen LogP contribution in [0.25, 0.3) is 0 Å². The Morgan fingerprint density at radius 3 is 2.59 bits per heavy atom. The molecule has 17 heavy (non-hydrogen) atoms. The predicted octanol–water partition coefficient (Wildman–Crippen LogP) is 0.575. The third-order valence-electron chi connectivity index (χ3n) is 3.01. The van der Waals surface area contributed by atoms with Crippen LogP contribution in [0.3, 0.4) is 0 Å². The highest BCUT2D eigenvalue weighted by molar-refractivity contribution is 5.76. The Labute approximate surface area is 102 Å². The fourth-order valence-electron chi connectivity index (χ4n) is 2.16. The molecule has 0 bridgehead atoms. The number of primary amides is 1. The first kappa shape index (κ1) is 14.0. The van der Waals surface area contributed by atoms with Crippen LogP contribution in [-0.4, -0.2) is 31.6 Å². The largest absolute Gasteiger partial charge is 0.370 e. The van der Waals surface area contributed by atoms with Gasteiger partial charge in [0.1, 0.15) is 6.61 Å². The number of hydrogen-bond acceptors (Lipinski definition) is 3. The Morgan fingerprint density at radius 2 is 1.94 bits per heavy atom. The van der Waals surface area contributed by atoms with Crippen molar-refractivity contribution < 1.29 is 14.3 Å². The summed E-state index contributed by atoms with van der Waals surface area (Å²) in [7, 11) is 0. The van der Waals surface area contributed by atoms with Crippen LogP contribution in [0.4, 0.5) is 0 Å². The monoisotopic (exact) mass is 242 g/mol. The van der Waals surface area contributed by atoms with E-state index < -0.39 is 5.91 Å². The highest BCUT2D eigenvalue weighted by Gasteiger charge is 2.16. The van der Waals surface area contributed by atoms with E-state index in [0.717, 1.165) is 0 Å². The van der Waals surface area contributed by atoms with Crippen molar-refractivity contribution in [1.29, 1.82) is 0 Å². The Morgan fingerprint density at radius 1 is 1.24 bits per heavy atom. The molecule has 0 spiro atoms. The van der Waals surface area contributed by atoms with E-state index in [1.165, 1.54) is 32.1 Å².